The van der Waals surface area contributed by atoms with Crippen molar-refractivity contribution in [2.75, 3.05) is 0 Å². The molecule has 6 heteroatoms. The van der Waals surface area contributed by atoms with E-state index in [4.69, 9.17) is 4.74 Å². The molecule has 1 fully saturated rings. The minimum atomic E-state index is -0.535. The molecule has 1 saturated carbocycles. The molecule has 0 radical (unpaired) electrons. The molecule has 0 saturated heterocycles. The number of phenols is 2. The van der Waals surface area contributed by atoms with E-state index in [9.17, 15) is 24.6 Å². The predicted octanol–water partition coefficient (Wildman–Crippen LogP) is 5.70. The number of esters is 1. The molecule has 4 atom stereocenters. The second-order valence-corrected chi connectivity index (χ2v) is 10.6. The van der Waals surface area contributed by atoms with Crippen molar-refractivity contribution in [2.24, 2.45) is 23.2 Å². The summed E-state index contributed by atoms with van der Waals surface area (Å²) in [5.41, 5.74) is 1.34. The highest BCUT2D eigenvalue weighted by molar-refractivity contribution is 5.83. The van der Waals surface area contributed by atoms with Gasteiger partial charge in [0.05, 0.1) is 5.56 Å². The Hall–Kier alpha value is -2.63. The smallest absolute Gasteiger partial charge is 0.306 e. The summed E-state index contributed by atoms with van der Waals surface area (Å²) in [6.07, 6.45) is 4.23. The number of ketones is 1. The molecule has 0 unspecified atom stereocenters. The Morgan fingerprint density at radius 1 is 1.29 bits per heavy atom. The molecular weight excluding hydrogens is 432 g/mol. The van der Waals surface area contributed by atoms with E-state index in [1.807, 2.05) is 33.8 Å². The van der Waals surface area contributed by atoms with Gasteiger partial charge in [0.1, 0.15) is 23.4 Å². The molecule has 0 spiro atoms. The van der Waals surface area contributed by atoms with Crippen molar-refractivity contribution >= 4 is 18.0 Å². The maximum atomic E-state index is 12.6. The number of carbonyl (C=O) groups excluding carboxylic acids is 3. The maximum Gasteiger partial charge on any atom is 0.306 e. The molecule has 2 N–H and O–H groups in total. The average Bonchev–Trinajstić information content (AvgIpc) is 2.74. The van der Waals surface area contributed by atoms with Gasteiger partial charge in [-0.25, -0.2) is 0 Å². The predicted molar refractivity (Wildman–Crippen MR) is 132 cm³/mol. The fraction of sp³-hybridized carbons (Fsp3) is 0.607. The van der Waals surface area contributed by atoms with Crippen LogP contribution in [0.25, 0.3) is 0 Å². The number of allylic oxidation sites excluding steroid dienone is 1. The fourth-order valence-electron chi connectivity index (χ4n) is 4.90. The Labute approximate surface area is 203 Å². The molecule has 188 valence electrons. The van der Waals surface area contributed by atoms with Gasteiger partial charge in [-0.1, -0.05) is 40.7 Å². The van der Waals surface area contributed by atoms with E-state index in [1.165, 1.54) is 6.07 Å². The Balaban J connectivity index is 2.39. The minimum Gasteiger partial charge on any atom is -0.508 e. The summed E-state index contributed by atoms with van der Waals surface area (Å²) in [6, 6.07) is 1.46. The van der Waals surface area contributed by atoms with Gasteiger partial charge in [-0.15, -0.1) is 0 Å². The number of carbonyl (C=O) groups is 3. The van der Waals surface area contributed by atoms with Gasteiger partial charge in [-0.05, 0) is 67.6 Å². The van der Waals surface area contributed by atoms with E-state index in [1.54, 1.807) is 6.92 Å². The van der Waals surface area contributed by atoms with Gasteiger partial charge in [0.15, 0.2) is 6.29 Å². The minimum absolute atomic E-state index is 0.0925. The molecule has 0 amide bonds. The highest BCUT2D eigenvalue weighted by Crippen LogP contribution is 2.48. The van der Waals surface area contributed by atoms with Gasteiger partial charge < -0.3 is 14.9 Å². The third kappa shape index (κ3) is 6.08. The molecule has 0 heterocycles. The number of aromatic hydroxyl groups is 2. The zero-order valence-corrected chi connectivity index (χ0v) is 21.6. The second-order valence-electron chi connectivity index (χ2n) is 10.6. The first-order chi connectivity index (χ1) is 15.8. The van der Waals surface area contributed by atoms with E-state index in [0.717, 1.165) is 12.0 Å². The van der Waals surface area contributed by atoms with Crippen molar-refractivity contribution in [3.8, 4) is 11.5 Å². The van der Waals surface area contributed by atoms with Crippen LogP contribution in [0.5, 0.6) is 11.5 Å². The van der Waals surface area contributed by atoms with Crippen molar-refractivity contribution < 1.29 is 29.3 Å². The standard InChI is InChI=1S/C28H40O6/c1-16(2)12-26(32)34-25(14-28(7)19(5)9-11-23(30)20(28)6)17(3)8-10-21-24(31)13-18(4)22(15-29)27(21)33/h8,13,15-16,19-20,25,31,33H,9-12,14H2,1-7H3/t19-,20+,25-,28+/m1/s1. The van der Waals surface area contributed by atoms with E-state index < -0.39 is 6.10 Å². The first-order valence-electron chi connectivity index (χ1n) is 12.2. The molecule has 1 aromatic carbocycles. The number of aryl methyl sites for hydroxylation is 1. The lowest BCUT2D eigenvalue weighted by Gasteiger charge is -2.45. The van der Waals surface area contributed by atoms with Crippen molar-refractivity contribution in [3.05, 3.63) is 34.4 Å². The van der Waals surface area contributed by atoms with Crippen LogP contribution in [0.2, 0.25) is 0 Å². The lowest BCUT2D eigenvalue weighted by Crippen LogP contribution is -2.44. The summed E-state index contributed by atoms with van der Waals surface area (Å²) in [6.45, 7) is 13.6. The number of aldehydes is 1. The van der Waals surface area contributed by atoms with E-state index in [-0.39, 0.29) is 58.1 Å². The normalized spacial score (nSPS) is 24.2. The highest BCUT2D eigenvalue weighted by atomic mass is 16.5. The van der Waals surface area contributed by atoms with E-state index >= 15 is 0 Å². The average molecular weight is 473 g/mol. The Bertz CT molecular complexity index is 960. The third-order valence-corrected chi connectivity index (χ3v) is 7.78. The summed E-state index contributed by atoms with van der Waals surface area (Å²) >= 11 is 0. The van der Waals surface area contributed by atoms with E-state index in [0.29, 0.717) is 37.0 Å². The first kappa shape index (κ1) is 27.6. The number of hydrogen-bond acceptors (Lipinski definition) is 6. The van der Waals surface area contributed by atoms with Crippen molar-refractivity contribution in [1.82, 2.24) is 0 Å². The Morgan fingerprint density at radius 3 is 2.53 bits per heavy atom. The monoisotopic (exact) mass is 472 g/mol. The quantitative estimate of drug-likeness (QED) is 0.272. The summed E-state index contributed by atoms with van der Waals surface area (Å²) in [5.74, 6) is -0.0730. The van der Waals surface area contributed by atoms with Gasteiger partial charge in [0.25, 0.3) is 0 Å². The SMILES string of the molecule is CC(=CCc1c(O)cc(C)c(C=O)c1O)[C@@H](C[C@@]1(C)[C@H](C)CCC(=O)[C@@H]1C)OC(=O)CC(C)C. The fourth-order valence-corrected chi connectivity index (χ4v) is 4.90. The number of hydrogen-bond donors (Lipinski definition) is 2. The lowest BCUT2D eigenvalue weighted by molar-refractivity contribution is -0.151. The summed E-state index contributed by atoms with van der Waals surface area (Å²) in [5, 5.41) is 20.9. The molecule has 34 heavy (non-hydrogen) atoms. The molecule has 6 nitrogen and oxygen atoms in total. The summed E-state index contributed by atoms with van der Waals surface area (Å²) in [7, 11) is 0. The third-order valence-electron chi connectivity index (χ3n) is 7.78. The van der Waals surface area contributed by atoms with Gasteiger partial charge in [-0.2, -0.15) is 0 Å². The Morgan fingerprint density at radius 2 is 1.94 bits per heavy atom. The number of benzene rings is 1. The van der Waals surface area contributed by atoms with Gasteiger partial charge in [0.2, 0.25) is 0 Å². The summed E-state index contributed by atoms with van der Waals surface area (Å²) < 4.78 is 5.94. The van der Waals surface area contributed by atoms with Gasteiger partial charge in [-0.3, -0.25) is 14.4 Å². The van der Waals surface area contributed by atoms with Crippen LogP contribution in [-0.4, -0.2) is 34.4 Å². The molecule has 1 aliphatic carbocycles. The molecular formula is C28H40O6. The van der Waals surface area contributed by atoms with Crippen molar-refractivity contribution in [3.63, 3.8) is 0 Å². The van der Waals surface area contributed by atoms with E-state index in [2.05, 4.69) is 13.8 Å². The van der Waals surface area contributed by atoms with Crippen LogP contribution < -0.4 is 0 Å². The van der Waals surface area contributed by atoms with Crippen LogP contribution in [0.4, 0.5) is 0 Å². The number of phenolic OH excluding ortho intramolecular Hbond substituents is 2. The zero-order chi connectivity index (χ0) is 25.8. The van der Waals surface area contributed by atoms with Crippen LogP contribution >= 0.6 is 0 Å². The number of Topliss-reactive ketones (excluding diaryl/α,β-unsaturated/α-hetero) is 1. The largest absolute Gasteiger partial charge is 0.508 e. The van der Waals surface area contributed by atoms with Crippen molar-refractivity contribution in [1.29, 1.82) is 0 Å². The molecule has 2 rings (SSSR count). The van der Waals surface area contributed by atoms with Gasteiger partial charge >= 0.3 is 5.97 Å². The molecule has 1 aliphatic rings. The van der Waals surface area contributed by atoms with Crippen LogP contribution in [0.15, 0.2) is 17.7 Å². The molecule has 0 aliphatic heterocycles. The number of ether oxygens (including phenoxy) is 1. The van der Waals surface area contributed by atoms with Crippen LogP contribution in [0.3, 0.4) is 0 Å². The summed E-state index contributed by atoms with van der Waals surface area (Å²) in [4.78, 5) is 36.5. The second kappa shape index (κ2) is 11.2. The van der Waals surface area contributed by atoms with Gasteiger partial charge in [0, 0.05) is 24.3 Å². The van der Waals surface area contributed by atoms with Crippen LogP contribution in [0.1, 0.15) is 88.7 Å². The van der Waals surface area contributed by atoms with Crippen LogP contribution in [0, 0.1) is 30.1 Å². The molecule has 0 aromatic heterocycles. The lowest BCUT2D eigenvalue weighted by atomic mass is 9.59. The molecule has 0 bridgehead atoms. The first-order valence-corrected chi connectivity index (χ1v) is 12.2. The number of rotatable bonds is 9. The topological polar surface area (TPSA) is 101 Å². The van der Waals surface area contributed by atoms with Crippen molar-refractivity contribution in [2.45, 2.75) is 86.7 Å². The Kier molecular flexibility index (Phi) is 9.09. The molecule has 1 aromatic rings. The zero-order valence-electron chi connectivity index (χ0n) is 21.6. The maximum absolute atomic E-state index is 12.6. The highest BCUT2D eigenvalue weighted by Gasteiger charge is 2.45. The van der Waals surface area contributed by atoms with Crippen LogP contribution in [-0.2, 0) is 20.7 Å².